The number of nitrogens with one attached hydrogen (secondary N) is 1. The molecule has 126 valence electrons. The molecule has 0 spiro atoms. The Labute approximate surface area is 147 Å². The SMILES string of the molecule is CC1CCCC(C)N1C(=O)c1ccccc1NC(C#N)=C(C#N)C#N. The number of nitriles is 3. The number of amides is 1. The summed E-state index contributed by atoms with van der Waals surface area (Å²) in [5, 5.41) is 29.9. The Bertz CT molecular complexity index is 795. The Balaban J connectivity index is 2.41. The molecule has 0 bridgehead atoms. The summed E-state index contributed by atoms with van der Waals surface area (Å²) in [5.41, 5.74) is 0.359. The van der Waals surface area contributed by atoms with Gasteiger partial charge in [-0.2, -0.15) is 15.8 Å². The molecule has 6 heteroatoms. The van der Waals surface area contributed by atoms with E-state index < -0.39 is 0 Å². The van der Waals surface area contributed by atoms with E-state index in [0.717, 1.165) is 19.3 Å². The summed E-state index contributed by atoms with van der Waals surface area (Å²) in [5.74, 6) is -0.115. The molecule has 0 aromatic heterocycles. The molecule has 1 N–H and O–H groups in total. The quantitative estimate of drug-likeness (QED) is 0.854. The van der Waals surface area contributed by atoms with Crippen LogP contribution in [0.15, 0.2) is 35.5 Å². The zero-order valence-corrected chi connectivity index (χ0v) is 14.3. The van der Waals surface area contributed by atoms with Crippen LogP contribution < -0.4 is 5.32 Å². The van der Waals surface area contributed by atoms with Crippen LogP contribution in [0.1, 0.15) is 43.5 Å². The number of likely N-dealkylation sites (tertiary alicyclic amines) is 1. The molecule has 2 rings (SSSR count). The molecule has 1 aromatic carbocycles. The van der Waals surface area contributed by atoms with Crippen molar-refractivity contribution < 1.29 is 4.79 Å². The van der Waals surface area contributed by atoms with Gasteiger partial charge in [0.15, 0.2) is 5.57 Å². The van der Waals surface area contributed by atoms with Crippen molar-refractivity contribution in [2.75, 3.05) is 5.32 Å². The molecule has 1 aromatic rings. The van der Waals surface area contributed by atoms with E-state index in [-0.39, 0.29) is 29.3 Å². The van der Waals surface area contributed by atoms with Crippen LogP contribution in [-0.4, -0.2) is 22.9 Å². The average Bonchev–Trinajstić information content (AvgIpc) is 2.61. The van der Waals surface area contributed by atoms with Gasteiger partial charge in [0.25, 0.3) is 5.91 Å². The molecule has 0 aliphatic carbocycles. The van der Waals surface area contributed by atoms with Gasteiger partial charge in [-0.3, -0.25) is 4.79 Å². The zero-order valence-electron chi connectivity index (χ0n) is 14.3. The molecule has 0 saturated carbocycles. The van der Waals surface area contributed by atoms with Crippen LogP contribution in [-0.2, 0) is 0 Å². The molecular weight excluding hydrogens is 314 g/mol. The van der Waals surface area contributed by atoms with Crippen molar-refractivity contribution >= 4 is 11.6 Å². The summed E-state index contributed by atoms with van der Waals surface area (Å²) in [6.45, 7) is 4.07. The van der Waals surface area contributed by atoms with Gasteiger partial charge in [-0.25, -0.2) is 0 Å². The molecular formula is C19H19N5O. The predicted molar refractivity (Wildman–Crippen MR) is 92.9 cm³/mol. The lowest BCUT2D eigenvalue weighted by molar-refractivity contribution is 0.0512. The predicted octanol–water partition coefficient (Wildman–Crippen LogP) is 3.33. The minimum Gasteiger partial charge on any atom is -0.344 e. The maximum atomic E-state index is 13.1. The molecule has 2 unspecified atom stereocenters. The van der Waals surface area contributed by atoms with E-state index in [1.807, 2.05) is 24.8 Å². The number of anilines is 1. The number of carbonyl (C=O) groups excluding carboxylic acids is 1. The molecule has 2 atom stereocenters. The van der Waals surface area contributed by atoms with Crippen LogP contribution in [0.3, 0.4) is 0 Å². The maximum absolute atomic E-state index is 13.1. The van der Waals surface area contributed by atoms with E-state index in [1.165, 1.54) is 0 Å². The van der Waals surface area contributed by atoms with Crippen molar-refractivity contribution in [1.82, 2.24) is 4.90 Å². The largest absolute Gasteiger partial charge is 0.344 e. The smallest absolute Gasteiger partial charge is 0.256 e. The molecule has 0 radical (unpaired) electrons. The number of allylic oxidation sites excluding steroid dienone is 2. The van der Waals surface area contributed by atoms with Gasteiger partial charge in [0.1, 0.15) is 23.9 Å². The van der Waals surface area contributed by atoms with Gasteiger partial charge < -0.3 is 10.2 Å². The second-order valence-electron chi connectivity index (χ2n) is 6.10. The van der Waals surface area contributed by atoms with E-state index in [1.54, 1.807) is 36.4 Å². The van der Waals surface area contributed by atoms with Crippen LogP contribution in [0.4, 0.5) is 5.69 Å². The van der Waals surface area contributed by atoms with E-state index >= 15 is 0 Å². The van der Waals surface area contributed by atoms with Gasteiger partial charge in [-0.05, 0) is 45.2 Å². The molecule has 1 aliphatic heterocycles. The van der Waals surface area contributed by atoms with E-state index in [4.69, 9.17) is 10.5 Å². The van der Waals surface area contributed by atoms with Crippen molar-refractivity contribution in [1.29, 1.82) is 15.8 Å². The number of para-hydroxylation sites is 1. The highest BCUT2D eigenvalue weighted by Crippen LogP contribution is 2.27. The highest BCUT2D eigenvalue weighted by atomic mass is 16.2. The molecule has 1 saturated heterocycles. The number of carbonyl (C=O) groups is 1. The lowest BCUT2D eigenvalue weighted by Gasteiger charge is -2.39. The monoisotopic (exact) mass is 333 g/mol. The first kappa shape index (κ1) is 18.0. The second-order valence-corrected chi connectivity index (χ2v) is 6.10. The van der Waals surface area contributed by atoms with Gasteiger partial charge in [-0.15, -0.1) is 0 Å². The maximum Gasteiger partial charge on any atom is 0.256 e. The van der Waals surface area contributed by atoms with Crippen LogP contribution in [0, 0.1) is 34.0 Å². The summed E-state index contributed by atoms with van der Waals surface area (Å²) in [6, 6.07) is 12.3. The highest BCUT2D eigenvalue weighted by Gasteiger charge is 2.30. The number of benzene rings is 1. The van der Waals surface area contributed by atoms with Crippen molar-refractivity contribution in [3.05, 3.63) is 41.1 Å². The number of hydrogen-bond acceptors (Lipinski definition) is 5. The van der Waals surface area contributed by atoms with Gasteiger partial charge >= 0.3 is 0 Å². The van der Waals surface area contributed by atoms with Crippen LogP contribution in [0.5, 0.6) is 0 Å². The van der Waals surface area contributed by atoms with Gasteiger partial charge in [0, 0.05) is 12.1 Å². The Morgan fingerprint density at radius 3 is 2.24 bits per heavy atom. The first-order valence-electron chi connectivity index (χ1n) is 8.16. The summed E-state index contributed by atoms with van der Waals surface area (Å²) in [7, 11) is 0. The van der Waals surface area contributed by atoms with Crippen molar-refractivity contribution in [3.8, 4) is 18.2 Å². The van der Waals surface area contributed by atoms with Crippen LogP contribution >= 0.6 is 0 Å². The number of nitrogens with zero attached hydrogens (tertiary/aromatic N) is 4. The summed E-state index contributed by atoms with van der Waals surface area (Å²) in [4.78, 5) is 14.9. The minimum absolute atomic E-state index is 0.115. The van der Waals surface area contributed by atoms with E-state index in [9.17, 15) is 10.1 Å². The summed E-state index contributed by atoms with van der Waals surface area (Å²) < 4.78 is 0. The number of piperidine rings is 1. The molecule has 1 aliphatic rings. The lowest BCUT2D eigenvalue weighted by Crippen LogP contribution is -2.47. The highest BCUT2D eigenvalue weighted by molar-refractivity contribution is 6.00. The fourth-order valence-corrected chi connectivity index (χ4v) is 3.16. The van der Waals surface area contributed by atoms with Crippen LogP contribution in [0.2, 0.25) is 0 Å². The Morgan fingerprint density at radius 2 is 1.68 bits per heavy atom. The molecule has 1 heterocycles. The van der Waals surface area contributed by atoms with Gasteiger partial charge in [0.05, 0.1) is 11.3 Å². The Hall–Kier alpha value is -3.30. The second kappa shape index (κ2) is 7.99. The van der Waals surface area contributed by atoms with Crippen molar-refractivity contribution in [2.24, 2.45) is 0 Å². The molecule has 6 nitrogen and oxygen atoms in total. The van der Waals surface area contributed by atoms with E-state index in [0.29, 0.717) is 11.3 Å². The molecule has 1 amide bonds. The fourth-order valence-electron chi connectivity index (χ4n) is 3.16. The normalized spacial score (nSPS) is 19.1. The third-order valence-electron chi connectivity index (χ3n) is 4.43. The molecule has 25 heavy (non-hydrogen) atoms. The zero-order chi connectivity index (χ0) is 18.4. The standard InChI is InChI=1S/C19H19N5O/c1-13-6-5-7-14(2)24(13)19(25)16-8-3-4-9-17(16)23-18(12-22)15(10-20)11-21/h3-4,8-9,13-14,23H,5-7H2,1-2H3. The lowest BCUT2D eigenvalue weighted by atomic mass is 9.96. The summed E-state index contributed by atoms with van der Waals surface area (Å²) in [6.07, 6.45) is 3.02. The van der Waals surface area contributed by atoms with Crippen LogP contribution in [0.25, 0.3) is 0 Å². The third-order valence-corrected chi connectivity index (χ3v) is 4.43. The van der Waals surface area contributed by atoms with E-state index in [2.05, 4.69) is 5.32 Å². The van der Waals surface area contributed by atoms with Gasteiger partial charge in [0.2, 0.25) is 0 Å². The number of hydrogen-bond donors (Lipinski definition) is 1. The first-order valence-corrected chi connectivity index (χ1v) is 8.16. The Morgan fingerprint density at radius 1 is 1.08 bits per heavy atom. The first-order chi connectivity index (χ1) is 12.0. The van der Waals surface area contributed by atoms with Gasteiger partial charge in [-0.1, -0.05) is 12.1 Å². The van der Waals surface area contributed by atoms with Crippen molar-refractivity contribution in [2.45, 2.75) is 45.2 Å². The third kappa shape index (κ3) is 3.79. The van der Waals surface area contributed by atoms with Crippen molar-refractivity contribution in [3.63, 3.8) is 0 Å². The number of rotatable bonds is 3. The topological polar surface area (TPSA) is 104 Å². The Kier molecular flexibility index (Phi) is 5.77. The summed E-state index contributed by atoms with van der Waals surface area (Å²) >= 11 is 0. The fraction of sp³-hybridized carbons (Fsp3) is 0.368. The molecule has 1 fully saturated rings. The average molecular weight is 333 g/mol. The minimum atomic E-state index is -0.315.